The Labute approximate surface area is 121 Å². The van der Waals surface area contributed by atoms with Gasteiger partial charge in [-0.15, -0.1) is 0 Å². The van der Waals surface area contributed by atoms with Crippen molar-refractivity contribution in [1.29, 1.82) is 0 Å². The fourth-order valence-corrected chi connectivity index (χ4v) is 2.86. The maximum atomic E-state index is 13.8. The summed E-state index contributed by atoms with van der Waals surface area (Å²) in [6.07, 6.45) is 8.30. The third-order valence-electron chi connectivity index (χ3n) is 3.97. The molecular formula is C17H26FNO. The Morgan fingerprint density at radius 2 is 1.90 bits per heavy atom. The Hall–Kier alpha value is -1.09. The van der Waals surface area contributed by atoms with Crippen LogP contribution in [0.5, 0.6) is 5.75 Å². The molecule has 0 aromatic heterocycles. The predicted molar refractivity (Wildman–Crippen MR) is 80.6 cm³/mol. The lowest BCUT2D eigenvalue weighted by atomic mass is 9.94. The first-order valence-corrected chi connectivity index (χ1v) is 7.96. The van der Waals surface area contributed by atoms with Crippen LogP contribution in [0.3, 0.4) is 0 Å². The van der Waals surface area contributed by atoms with E-state index in [9.17, 15) is 4.39 Å². The van der Waals surface area contributed by atoms with Crippen molar-refractivity contribution in [2.24, 2.45) is 0 Å². The number of halogens is 1. The first-order chi connectivity index (χ1) is 9.81. The van der Waals surface area contributed by atoms with Gasteiger partial charge in [-0.1, -0.05) is 38.3 Å². The number of para-hydroxylation sites is 1. The van der Waals surface area contributed by atoms with E-state index in [0.717, 1.165) is 25.8 Å². The molecule has 1 aromatic carbocycles. The molecule has 0 saturated heterocycles. The molecule has 2 atom stereocenters. The highest BCUT2D eigenvalue weighted by Crippen LogP contribution is 2.24. The number of rotatable bonds is 5. The summed E-state index contributed by atoms with van der Waals surface area (Å²) in [5, 5.41) is 3.58. The molecule has 0 amide bonds. The fourth-order valence-electron chi connectivity index (χ4n) is 2.86. The molecule has 0 heterocycles. The predicted octanol–water partition coefficient (Wildman–Crippen LogP) is 4.30. The lowest BCUT2D eigenvalue weighted by Gasteiger charge is -2.30. The molecule has 0 radical (unpaired) electrons. The summed E-state index contributed by atoms with van der Waals surface area (Å²) in [7, 11) is 0. The van der Waals surface area contributed by atoms with Crippen molar-refractivity contribution in [3.8, 4) is 5.75 Å². The monoisotopic (exact) mass is 279 g/mol. The van der Waals surface area contributed by atoms with Gasteiger partial charge in [0.1, 0.15) is 6.10 Å². The van der Waals surface area contributed by atoms with Crippen LogP contribution in [0.1, 0.15) is 51.9 Å². The third-order valence-corrected chi connectivity index (χ3v) is 3.97. The van der Waals surface area contributed by atoms with Gasteiger partial charge < -0.3 is 10.1 Å². The summed E-state index contributed by atoms with van der Waals surface area (Å²) in [4.78, 5) is 0. The molecule has 112 valence electrons. The van der Waals surface area contributed by atoms with E-state index < -0.39 is 0 Å². The molecular weight excluding hydrogens is 253 g/mol. The number of nitrogens with one attached hydrogen (secondary N) is 1. The van der Waals surface area contributed by atoms with Crippen LogP contribution in [-0.2, 0) is 0 Å². The van der Waals surface area contributed by atoms with Gasteiger partial charge in [-0.05, 0) is 44.4 Å². The average Bonchev–Trinajstić information content (AvgIpc) is 2.43. The molecule has 1 aliphatic carbocycles. The van der Waals surface area contributed by atoms with E-state index in [1.54, 1.807) is 12.1 Å². The molecule has 2 nitrogen and oxygen atoms in total. The Bertz CT molecular complexity index is 394. The zero-order valence-electron chi connectivity index (χ0n) is 12.4. The molecule has 1 fully saturated rings. The van der Waals surface area contributed by atoms with E-state index in [1.165, 1.54) is 31.7 Å². The van der Waals surface area contributed by atoms with Crippen LogP contribution in [0, 0.1) is 5.82 Å². The van der Waals surface area contributed by atoms with Crippen molar-refractivity contribution < 1.29 is 9.13 Å². The van der Waals surface area contributed by atoms with Gasteiger partial charge in [-0.3, -0.25) is 0 Å². The minimum Gasteiger partial charge on any atom is -0.486 e. The van der Waals surface area contributed by atoms with Gasteiger partial charge in [0, 0.05) is 6.04 Å². The van der Waals surface area contributed by atoms with E-state index in [1.807, 2.05) is 6.07 Å². The fraction of sp³-hybridized carbons (Fsp3) is 0.647. The lowest BCUT2D eigenvalue weighted by molar-refractivity contribution is 0.122. The minimum absolute atomic E-state index is 0.0822. The highest BCUT2D eigenvalue weighted by molar-refractivity contribution is 5.24. The zero-order chi connectivity index (χ0) is 14.2. The Balaban J connectivity index is 2.04. The number of hydrogen-bond acceptors (Lipinski definition) is 2. The average molecular weight is 279 g/mol. The van der Waals surface area contributed by atoms with Crippen LogP contribution in [0.2, 0.25) is 0 Å². The molecule has 3 heteroatoms. The topological polar surface area (TPSA) is 21.3 Å². The standard InChI is InChI=1S/C17H26FNO/c1-2-13-19-15-10-5-3-4-6-12-17(15)20-16-11-8-7-9-14(16)18/h7-9,11,15,17,19H,2-6,10,12-13H2,1H3. The summed E-state index contributed by atoms with van der Waals surface area (Å²) >= 11 is 0. The van der Waals surface area contributed by atoms with Gasteiger partial charge in [0.05, 0.1) is 0 Å². The summed E-state index contributed by atoms with van der Waals surface area (Å²) in [5.74, 6) is 0.130. The Kier molecular flexibility index (Phi) is 6.31. The summed E-state index contributed by atoms with van der Waals surface area (Å²) in [6.45, 7) is 3.17. The van der Waals surface area contributed by atoms with Crippen molar-refractivity contribution in [3.63, 3.8) is 0 Å². The van der Waals surface area contributed by atoms with Crippen LogP contribution in [0.25, 0.3) is 0 Å². The highest BCUT2D eigenvalue weighted by atomic mass is 19.1. The second kappa shape index (κ2) is 8.25. The number of hydrogen-bond donors (Lipinski definition) is 1. The van der Waals surface area contributed by atoms with Crippen LogP contribution < -0.4 is 10.1 Å². The third kappa shape index (κ3) is 4.48. The second-order valence-electron chi connectivity index (χ2n) is 5.64. The van der Waals surface area contributed by atoms with Gasteiger partial charge >= 0.3 is 0 Å². The highest BCUT2D eigenvalue weighted by Gasteiger charge is 2.24. The maximum Gasteiger partial charge on any atom is 0.165 e. The second-order valence-corrected chi connectivity index (χ2v) is 5.64. The molecule has 2 unspecified atom stereocenters. The maximum absolute atomic E-state index is 13.8. The zero-order valence-corrected chi connectivity index (χ0v) is 12.4. The van der Waals surface area contributed by atoms with E-state index in [0.29, 0.717) is 11.8 Å². The molecule has 0 bridgehead atoms. The summed E-state index contributed by atoms with van der Waals surface area (Å²) in [5.41, 5.74) is 0. The quantitative estimate of drug-likeness (QED) is 0.868. The molecule has 1 aliphatic rings. The normalized spacial score (nSPS) is 23.9. The molecule has 1 saturated carbocycles. The van der Waals surface area contributed by atoms with Gasteiger partial charge in [0.25, 0.3) is 0 Å². The number of ether oxygens (including phenoxy) is 1. The lowest BCUT2D eigenvalue weighted by Crippen LogP contribution is -2.44. The van der Waals surface area contributed by atoms with Gasteiger partial charge in [0.15, 0.2) is 11.6 Å². The molecule has 1 aromatic rings. The van der Waals surface area contributed by atoms with Crippen LogP contribution in [-0.4, -0.2) is 18.7 Å². The van der Waals surface area contributed by atoms with E-state index in [2.05, 4.69) is 12.2 Å². The first kappa shape index (κ1) is 15.3. The van der Waals surface area contributed by atoms with Crippen LogP contribution in [0.4, 0.5) is 4.39 Å². The van der Waals surface area contributed by atoms with E-state index in [4.69, 9.17) is 4.74 Å². The van der Waals surface area contributed by atoms with Crippen LogP contribution in [0.15, 0.2) is 24.3 Å². The van der Waals surface area contributed by atoms with Crippen molar-refractivity contribution >= 4 is 0 Å². The largest absolute Gasteiger partial charge is 0.486 e. The van der Waals surface area contributed by atoms with Crippen molar-refractivity contribution in [1.82, 2.24) is 5.32 Å². The van der Waals surface area contributed by atoms with E-state index >= 15 is 0 Å². The van der Waals surface area contributed by atoms with Crippen molar-refractivity contribution in [2.45, 2.75) is 64.0 Å². The molecule has 2 rings (SSSR count). The Morgan fingerprint density at radius 3 is 2.65 bits per heavy atom. The van der Waals surface area contributed by atoms with Gasteiger partial charge in [0.2, 0.25) is 0 Å². The van der Waals surface area contributed by atoms with Crippen molar-refractivity contribution in [3.05, 3.63) is 30.1 Å². The van der Waals surface area contributed by atoms with E-state index in [-0.39, 0.29) is 11.9 Å². The van der Waals surface area contributed by atoms with Crippen molar-refractivity contribution in [2.75, 3.05) is 6.54 Å². The summed E-state index contributed by atoms with van der Waals surface area (Å²) < 4.78 is 19.8. The SMILES string of the molecule is CCCNC1CCCCCCC1Oc1ccccc1F. The molecule has 0 aliphatic heterocycles. The minimum atomic E-state index is -0.260. The Morgan fingerprint density at radius 1 is 1.15 bits per heavy atom. The molecule has 20 heavy (non-hydrogen) atoms. The first-order valence-electron chi connectivity index (χ1n) is 7.96. The van der Waals surface area contributed by atoms with Crippen LogP contribution >= 0.6 is 0 Å². The molecule has 1 N–H and O–H groups in total. The number of benzene rings is 1. The smallest absolute Gasteiger partial charge is 0.165 e. The van der Waals surface area contributed by atoms with Gasteiger partial charge in [-0.25, -0.2) is 4.39 Å². The molecule has 0 spiro atoms. The summed E-state index contributed by atoms with van der Waals surface area (Å²) in [6, 6.07) is 7.07. The van der Waals surface area contributed by atoms with Gasteiger partial charge in [-0.2, -0.15) is 0 Å².